The van der Waals surface area contributed by atoms with Gasteiger partial charge in [-0.1, -0.05) is 0 Å². The highest BCUT2D eigenvalue weighted by Gasteiger charge is 2.15. The molecule has 0 atom stereocenters. The van der Waals surface area contributed by atoms with Crippen LogP contribution in [0.4, 0.5) is 21.5 Å². The third kappa shape index (κ3) is 3.14. The molecule has 0 saturated heterocycles. The summed E-state index contributed by atoms with van der Waals surface area (Å²) in [5, 5.41) is 22.6. The summed E-state index contributed by atoms with van der Waals surface area (Å²) in [6.07, 6.45) is 0. The molecule has 2 rings (SSSR count). The van der Waals surface area contributed by atoms with Gasteiger partial charge in [0.05, 0.1) is 16.6 Å². The molecule has 0 amide bonds. The maximum atomic E-state index is 13.1. The van der Waals surface area contributed by atoms with Crippen molar-refractivity contribution in [3.05, 3.63) is 63.5 Å². The van der Waals surface area contributed by atoms with Crippen LogP contribution >= 0.6 is 0 Å². The standard InChI is InChI=1S/C14H11FN2O4/c1-8-6-10(3-4-11(8)14(18)19)16-12-5-2-9(15)7-13(12)17(20)21/h2-7,16H,1H3,(H,18,19). The van der Waals surface area contributed by atoms with E-state index in [1.807, 2.05) is 0 Å². The molecule has 108 valence electrons. The van der Waals surface area contributed by atoms with Crippen LogP contribution in [0.15, 0.2) is 36.4 Å². The fraction of sp³-hybridized carbons (Fsp3) is 0.0714. The van der Waals surface area contributed by atoms with Crippen LogP contribution in [-0.2, 0) is 0 Å². The highest BCUT2D eigenvalue weighted by molar-refractivity contribution is 5.90. The molecular formula is C14H11FN2O4. The molecule has 0 spiro atoms. The van der Waals surface area contributed by atoms with E-state index in [0.29, 0.717) is 11.3 Å². The lowest BCUT2D eigenvalue weighted by Gasteiger charge is -2.09. The Morgan fingerprint density at radius 3 is 2.57 bits per heavy atom. The average Bonchev–Trinajstić information content (AvgIpc) is 2.40. The number of nitro benzene ring substituents is 1. The molecule has 0 heterocycles. The minimum absolute atomic E-state index is 0.129. The first-order valence-electron chi connectivity index (χ1n) is 5.93. The Morgan fingerprint density at radius 2 is 2.00 bits per heavy atom. The lowest BCUT2D eigenvalue weighted by molar-refractivity contribution is -0.384. The summed E-state index contributed by atoms with van der Waals surface area (Å²) in [7, 11) is 0. The molecule has 0 aliphatic carbocycles. The number of carbonyl (C=O) groups is 1. The van der Waals surface area contributed by atoms with Gasteiger partial charge < -0.3 is 10.4 Å². The number of anilines is 2. The van der Waals surface area contributed by atoms with E-state index in [1.165, 1.54) is 18.2 Å². The van der Waals surface area contributed by atoms with E-state index in [0.717, 1.165) is 12.1 Å². The van der Waals surface area contributed by atoms with Gasteiger partial charge in [-0.2, -0.15) is 0 Å². The van der Waals surface area contributed by atoms with Gasteiger partial charge in [-0.25, -0.2) is 9.18 Å². The zero-order valence-electron chi connectivity index (χ0n) is 11.0. The fourth-order valence-corrected chi connectivity index (χ4v) is 1.90. The summed E-state index contributed by atoms with van der Waals surface area (Å²) >= 11 is 0. The van der Waals surface area contributed by atoms with Crippen LogP contribution < -0.4 is 5.32 Å². The minimum Gasteiger partial charge on any atom is -0.478 e. The smallest absolute Gasteiger partial charge is 0.335 e. The number of aryl methyl sites for hydroxylation is 1. The molecule has 0 aliphatic heterocycles. The van der Waals surface area contributed by atoms with Crippen molar-refractivity contribution < 1.29 is 19.2 Å². The van der Waals surface area contributed by atoms with Gasteiger partial charge >= 0.3 is 5.97 Å². The van der Waals surface area contributed by atoms with E-state index < -0.39 is 22.4 Å². The van der Waals surface area contributed by atoms with Crippen LogP contribution in [0.3, 0.4) is 0 Å². The molecule has 0 aromatic heterocycles. The molecule has 0 aliphatic rings. The second kappa shape index (κ2) is 5.58. The first-order valence-corrected chi connectivity index (χ1v) is 5.93. The lowest BCUT2D eigenvalue weighted by Crippen LogP contribution is -2.01. The van der Waals surface area contributed by atoms with Gasteiger partial charge in [0.1, 0.15) is 11.5 Å². The summed E-state index contributed by atoms with van der Waals surface area (Å²) in [6.45, 7) is 1.62. The number of rotatable bonds is 4. The Bertz CT molecular complexity index is 731. The summed E-state index contributed by atoms with van der Waals surface area (Å²) in [4.78, 5) is 21.1. The van der Waals surface area contributed by atoms with E-state index in [4.69, 9.17) is 5.11 Å². The van der Waals surface area contributed by atoms with Crippen LogP contribution in [0.5, 0.6) is 0 Å². The predicted octanol–water partition coefficient (Wildman–Crippen LogP) is 3.48. The molecule has 0 bridgehead atoms. The van der Waals surface area contributed by atoms with Gasteiger partial charge in [-0.05, 0) is 42.8 Å². The van der Waals surface area contributed by atoms with Crippen molar-refractivity contribution in [2.45, 2.75) is 6.92 Å². The van der Waals surface area contributed by atoms with Gasteiger partial charge in [0, 0.05) is 5.69 Å². The molecule has 2 aromatic carbocycles. The first-order chi connectivity index (χ1) is 9.88. The summed E-state index contributed by atoms with van der Waals surface area (Å²) in [6, 6.07) is 7.62. The number of carboxylic acids is 1. The van der Waals surface area contributed by atoms with Gasteiger partial charge in [0.25, 0.3) is 5.69 Å². The summed E-state index contributed by atoms with van der Waals surface area (Å²) in [5.41, 5.74) is 0.873. The minimum atomic E-state index is -1.05. The number of hydrogen-bond donors (Lipinski definition) is 2. The Labute approximate surface area is 119 Å². The average molecular weight is 290 g/mol. The van der Waals surface area contributed by atoms with Crippen molar-refractivity contribution >= 4 is 23.0 Å². The molecule has 0 radical (unpaired) electrons. The van der Waals surface area contributed by atoms with Crippen molar-refractivity contribution in [3.63, 3.8) is 0 Å². The fourth-order valence-electron chi connectivity index (χ4n) is 1.90. The van der Waals surface area contributed by atoms with Crippen LogP contribution in [0.2, 0.25) is 0 Å². The Hall–Kier alpha value is -2.96. The molecule has 6 nitrogen and oxygen atoms in total. The zero-order valence-corrected chi connectivity index (χ0v) is 11.0. The topological polar surface area (TPSA) is 92.5 Å². The molecule has 7 heteroatoms. The van der Waals surface area contributed by atoms with E-state index in [9.17, 15) is 19.3 Å². The number of carboxylic acid groups (broad SMARTS) is 1. The van der Waals surface area contributed by atoms with E-state index in [-0.39, 0.29) is 11.3 Å². The second-order valence-electron chi connectivity index (χ2n) is 4.38. The molecule has 0 saturated carbocycles. The number of halogens is 1. The number of nitrogens with zero attached hydrogens (tertiary/aromatic N) is 1. The van der Waals surface area contributed by atoms with Crippen LogP contribution in [0.25, 0.3) is 0 Å². The highest BCUT2D eigenvalue weighted by Crippen LogP contribution is 2.29. The van der Waals surface area contributed by atoms with Gasteiger partial charge in [0.15, 0.2) is 0 Å². The van der Waals surface area contributed by atoms with Crippen molar-refractivity contribution in [1.29, 1.82) is 0 Å². The third-order valence-electron chi connectivity index (χ3n) is 2.89. The van der Waals surface area contributed by atoms with Gasteiger partial charge in [-0.3, -0.25) is 10.1 Å². The Balaban J connectivity index is 2.37. The number of nitro groups is 1. The second-order valence-corrected chi connectivity index (χ2v) is 4.38. The predicted molar refractivity (Wildman–Crippen MR) is 74.5 cm³/mol. The molecule has 2 N–H and O–H groups in total. The van der Waals surface area contributed by atoms with Crippen LogP contribution in [-0.4, -0.2) is 16.0 Å². The SMILES string of the molecule is Cc1cc(Nc2ccc(F)cc2[N+](=O)[O-])ccc1C(=O)O. The molecule has 21 heavy (non-hydrogen) atoms. The monoisotopic (exact) mass is 290 g/mol. The van der Waals surface area contributed by atoms with Gasteiger partial charge in [0.2, 0.25) is 0 Å². The number of hydrogen-bond acceptors (Lipinski definition) is 4. The maximum Gasteiger partial charge on any atom is 0.335 e. The molecule has 0 unspecified atom stereocenters. The molecular weight excluding hydrogens is 279 g/mol. The Kier molecular flexibility index (Phi) is 3.84. The summed E-state index contributed by atoms with van der Waals surface area (Å²) < 4.78 is 13.1. The maximum absolute atomic E-state index is 13.1. The van der Waals surface area contributed by atoms with Crippen LogP contribution in [0.1, 0.15) is 15.9 Å². The van der Waals surface area contributed by atoms with E-state index in [2.05, 4.69) is 5.32 Å². The lowest BCUT2D eigenvalue weighted by atomic mass is 10.1. The third-order valence-corrected chi connectivity index (χ3v) is 2.89. The molecule has 0 fully saturated rings. The Morgan fingerprint density at radius 1 is 1.29 bits per heavy atom. The van der Waals surface area contributed by atoms with Crippen LogP contribution in [0, 0.1) is 22.9 Å². The largest absolute Gasteiger partial charge is 0.478 e. The normalized spacial score (nSPS) is 10.2. The number of nitrogens with one attached hydrogen (secondary N) is 1. The van der Waals surface area contributed by atoms with Crippen molar-refractivity contribution in [3.8, 4) is 0 Å². The van der Waals surface area contributed by atoms with Gasteiger partial charge in [-0.15, -0.1) is 0 Å². The van der Waals surface area contributed by atoms with Crippen molar-refractivity contribution in [1.82, 2.24) is 0 Å². The quantitative estimate of drug-likeness (QED) is 0.664. The molecule has 2 aromatic rings. The number of benzene rings is 2. The van der Waals surface area contributed by atoms with E-state index >= 15 is 0 Å². The highest BCUT2D eigenvalue weighted by atomic mass is 19.1. The summed E-state index contributed by atoms with van der Waals surface area (Å²) in [5.74, 6) is -1.75. The van der Waals surface area contributed by atoms with Crippen molar-refractivity contribution in [2.75, 3.05) is 5.32 Å². The van der Waals surface area contributed by atoms with E-state index in [1.54, 1.807) is 13.0 Å². The van der Waals surface area contributed by atoms with Crippen molar-refractivity contribution in [2.24, 2.45) is 0 Å². The first kappa shape index (κ1) is 14.4. The zero-order chi connectivity index (χ0) is 15.6. The number of aromatic carboxylic acids is 1.